The van der Waals surface area contributed by atoms with Gasteiger partial charge in [-0.05, 0) is 0 Å². The van der Waals surface area contributed by atoms with Gasteiger partial charge in [0.05, 0.1) is 0 Å². The Morgan fingerprint density at radius 3 is 2.07 bits per heavy atom. The van der Waals surface area contributed by atoms with Crippen molar-refractivity contribution in [2.45, 2.75) is 6.18 Å². The normalized spacial score (nSPS) is 19.7. The van der Waals surface area contributed by atoms with Gasteiger partial charge < -0.3 is 5.32 Å². The first-order valence-electron chi connectivity index (χ1n) is 4.06. The molecule has 1 aliphatic heterocycles. The number of piperazine rings is 1. The van der Waals surface area contributed by atoms with Crippen molar-refractivity contribution in [3.63, 3.8) is 0 Å². The molecule has 4 nitrogen and oxygen atoms in total. The summed E-state index contributed by atoms with van der Waals surface area (Å²) in [6.45, 7) is 1.02. The zero-order valence-corrected chi connectivity index (χ0v) is 9.38. The Labute approximate surface area is 92.3 Å². The molecule has 1 aliphatic rings. The van der Waals surface area contributed by atoms with E-state index in [0.717, 1.165) is 4.31 Å². The van der Waals surface area contributed by atoms with Gasteiger partial charge in [0, 0.05) is 26.2 Å². The average molecular weight is 269 g/mol. The van der Waals surface area contributed by atoms with Gasteiger partial charge in [0.15, 0.2) is 5.75 Å². The molecular weight excluding hydrogens is 257 g/mol. The molecule has 1 rings (SSSR count). The van der Waals surface area contributed by atoms with Crippen molar-refractivity contribution in [1.29, 1.82) is 0 Å². The Morgan fingerprint density at radius 1 is 1.20 bits per heavy atom. The Hall–Kier alpha value is -0.0500. The van der Waals surface area contributed by atoms with Crippen molar-refractivity contribution in [2.24, 2.45) is 0 Å². The summed E-state index contributed by atoms with van der Waals surface area (Å²) in [6, 6.07) is 0. The van der Waals surface area contributed by atoms with Crippen molar-refractivity contribution in [1.82, 2.24) is 9.62 Å². The van der Waals surface area contributed by atoms with E-state index in [9.17, 15) is 21.6 Å². The van der Waals surface area contributed by atoms with Gasteiger partial charge in [-0.2, -0.15) is 17.5 Å². The highest BCUT2D eigenvalue weighted by Gasteiger charge is 2.38. The SMILES string of the molecule is Cl.O=S(=O)(CC(F)(F)F)N1CCNCC1. The number of nitrogens with zero attached hydrogens (tertiary/aromatic N) is 1. The minimum atomic E-state index is -4.66. The number of hydrogen-bond donors (Lipinski definition) is 1. The van der Waals surface area contributed by atoms with Crippen LogP contribution < -0.4 is 5.32 Å². The van der Waals surface area contributed by atoms with Gasteiger partial charge >= 0.3 is 6.18 Å². The fourth-order valence-corrected chi connectivity index (χ4v) is 2.56. The van der Waals surface area contributed by atoms with Crippen LogP contribution in [0.5, 0.6) is 0 Å². The zero-order valence-electron chi connectivity index (χ0n) is 7.75. The van der Waals surface area contributed by atoms with Crippen LogP contribution >= 0.6 is 12.4 Å². The van der Waals surface area contributed by atoms with E-state index in [1.54, 1.807) is 0 Å². The lowest BCUT2D eigenvalue weighted by Crippen LogP contribution is -2.48. The topological polar surface area (TPSA) is 49.4 Å². The van der Waals surface area contributed by atoms with Crippen LogP contribution in [0.25, 0.3) is 0 Å². The molecule has 1 heterocycles. The lowest BCUT2D eigenvalue weighted by molar-refractivity contribution is -0.107. The third-order valence-electron chi connectivity index (χ3n) is 1.82. The van der Waals surface area contributed by atoms with Crippen molar-refractivity contribution in [2.75, 3.05) is 31.9 Å². The molecule has 0 amide bonds. The molecule has 0 bridgehead atoms. The van der Waals surface area contributed by atoms with Crippen LogP contribution in [0.1, 0.15) is 0 Å². The smallest absolute Gasteiger partial charge is 0.314 e. The highest BCUT2D eigenvalue weighted by atomic mass is 35.5. The second kappa shape index (κ2) is 5.33. The maximum atomic E-state index is 11.9. The third-order valence-corrected chi connectivity index (χ3v) is 3.66. The number of sulfonamides is 1. The molecule has 1 fully saturated rings. The summed E-state index contributed by atoms with van der Waals surface area (Å²) in [5.74, 6) is -1.76. The predicted molar refractivity (Wildman–Crippen MR) is 51.5 cm³/mol. The summed E-state index contributed by atoms with van der Waals surface area (Å²) >= 11 is 0. The molecule has 1 N–H and O–H groups in total. The Balaban J connectivity index is 0.00000196. The van der Waals surface area contributed by atoms with Crippen molar-refractivity contribution >= 4 is 22.4 Å². The summed E-state index contributed by atoms with van der Waals surface area (Å²) in [5.41, 5.74) is 0. The molecule has 0 spiro atoms. The molecule has 0 aromatic rings. The molecule has 0 unspecified atom stereocenters. The van der Waals surface area contributed by atoms with Gasteiger partial charge in [-0.25, -0.2) is 8.42 Å². The van der Waals surface area contributed by atoms with Gasteiger partial charge in [0.1, 0.15) is 0 Å². The van der Waals surface area contributed by atoms with Gasteiger partial charge in [-0.3, -0.25) is 0 Å². The Morgan fingerprint density at radius 2 is 1.67 bits per heavy atom. The highest BCUT2D eigenvalue weighted by Crippen LogP contribution is 2.19. The first-order valence-corrected chi connectivity index (χ1v) is 5.67. The number of hydrogen-bond acceptors (Lipinski definition) is 3. The van der Waals surface area contributed by atoms with E-state index in [2.05, 4.69) is 5.32 Å². The fraction of sp³-hybridized carbons (Fsp3) is 1.00. The third kappa shape index (κ3) is 5.01. The largest absolute Gasteiger partial charge is 0.404 e. The molecule has 0 atom stereocenters. The molecule has 9 heteroatoms. The Bertz CT molecular complexity index is 287. The van der Waals surface area contributed by atoms with Crippen LogP contribution in [0.3, 0.4) is 0 Å². The van der Waals surface area contributed by atoms with E-state index in [1.807, 2.05) is 0 Å². The van der Waals surface area contributed by atoms with Gasteiger partial charge in [0.2, 0.25) is 10.0 Å². The maximum Gasteiger partial charge on any atom is 0.404 e. The molecule has 92 valence electrons. The van der Waals surface area contributed by atoms with Crippen LogP contribution in [0.4, 0.5) is 13.2 Å². The molecule has 0 aromatic carbocycles. The summed E-state index contributed by atoms with van der Waals surface area (Å²) in [4.78, 5) is 0. The lowest BCUT2D eigenvalue weighted by atomic mass is 10.4. The standard InChI is InChI=1S/C6H11F3N2O2S.ClH/c7-6(8,9)5-14(12,13)11-3-1-10-2-4-11;/h10H,1-5H2;1H. The van der Waals surface area contributed by atoms with Crippen molar-refractivity contribution < 1.29 is 21.6 Å². The van der Waals surface area contributed by atoms with E-state index < -0.39 is 22.0 Å². The summed E-state index contributed by atoms with van der Waals surface area (Å²) < 4.78 is 58.9. The predicted octanol–water partition coefficient (Wildman–Crippen LogP) is 0.206. The van der Waals surface area contributed by atoms with Crippen LogP contribution in [0, 0.1) is 0 Å². The van der Waals surface area contributed by atoms with E-state index in [1.165, 1.54) is 0 Å². The maximum absolute atomic E-state index is 11.9. The van der Waals surface area contributed by atoms with Crippen LogP contribution in [0.2, 0.25) is 0 Å². The molecule has 0 saturated carbocycles. The molecular formula is C6H12ClF3N2O2S. The molecule has 15 heavy (non-hydrogen) atoms. The van der Waals surface area contributed by atoms with E-state index in [4.69, 9.17) is 0 Å². The molecule has 0 radical (unpaired) electrons. The number of nitrogens with one attached hydrogen (secondary N) is 1. The molecule has 1 saturated heterocycles. The second-order valence-electron chi connectivity index (χ2n) is 3.02. The first-order chi connectivity index (χ1) is 6.31. The van der Waals surface area contributed by atoms with E-state index >= 15 is 0 Å². The van der Waals surface area contributed by atoms with Crippen LogP contribution in [-0.4, -0.2) is 50.8 Å². The number of rotatable bonds is 2. The van der Waals surface area contributed by atoms with E-state index in [0.29, 0.717) is 13.1 Å². The van der Waals surface area contributed by atoms with Gasteiger partial charge in [-0.15, -0.1) is 12.4 Å². The van der Waals surface area contributed by atoms with Crippen molar-refractivity contribution in [3.05, 3.63) is 0 Å². The second-order valence-corrected chi connectivity index (χ2v) is 4.99. The summed E-state index contributed by atoms with van der Waals surface area (Å²) in [7, 11) is -4.17. The first kappa shape index (κ1) is 14.9. The monoisotopic (exact) mass is 268 g/mol. The fourth-order valence-electron chi connectivity index (χ4n) is 1.22. The summed E-state index contributed by atoms with van der Waals surface area (Å²) in [5, 5.41) is 2.86. The quantitative estimate of drug-likeness (QED) is 0.779. The van der Waals surface area contributed by atoms with Crippen molar-refractivity contribution in [3.8, 4) is 0 Å². The highest BCUT2D eigenvalue weighted by molar-refractivity contribution is 7.89. The number of alkyl halides is 3. The minimum absolute atomic E-state index is 0. The van der Waals surface area contributed by atoms with Crippen LogP contribution in [-0.2, 0) is 10.0 Å². The average Bonchev–Trinajstić information content (AvgIpc) is 2.01. The molecule has 0 aliphatic carbocycles. The zero-order chi connectivity index (χ0) is 10.8. The Kier molecular flexibility index (Phi) is 5.31. The van der Waals surface area contributed by atoms with Crippen LogP contribution in [0.15, 0.2) is 0 Å². The van der Waals surface area contributed by atoms with Gasteiger partial charge in [-0.1, -0.05) is 0 Å². The van der Waals surface area contributed by atoms with Gasteiger partial charge in [0.25, 0.3) is 0 Å². The van der Waals surface area contributed by atoms with E-state index in [-0.39, 0.29) is 25.5 Å². The summed E-state index contributed by atoms with van der Waals surface area (Å²) in [6.07, 6.45) is -4.66. The minimum Gasteiger partial charge on any atom is -0.314 e. The lowest BCUT2D eigenvalue weighted by Gasteiger charge is -2.26. The molecule has 0 aromatic heterocycles. The number of halogens is 4.